The van der Waals surface area contributed by atoms with Crippen molar-refractivity contribution in [3.05, 3.63) is 34.3 Å². The first-order chi connectivity index (χ1) is 7.16. The van der Waals surface area contributed by atoms with Crippen LogP contribution in [-0.2, 0) is 4.79 Å². The van der Waals surface area contributed by atoms with E-state index in [1.807, 2.05) is 12.1 Å². The van der Waals surface area contributed by atoms with Crippen LogP contribution in [0.5, 0.6) is 0 Å². The molecule has 1 aliphatic carbocycles. The van der Waals surface area contributed by atoms with Crippen molar-refractivity contribution in [2.24, 2.45) is 11.7 Å². The van der Waals surface area contributed by atoms with E-state index in [0.29, 0.717) is 18.3 Å². The Bertz CT molecular complexity index is 356. The number of rotatable bonds is 4. The molecule has 0 saturated heterocycles. The van der Waals surface area contributed by atoms with Crippen molar-refractivity contribution in [1.82, 2.24) is 0 Å². The molecule has 1 fully saturated rings. The van der Waals surface area contributed by atoms with Crippen LogP contribution in [-0.4, -0.2) is 5.91 Å². The number of hydrogen-bond donors (Lipinski definition) is 1. The average molecular weight is 268 g/mol. The molecule has 1 unspecified atom stereocenters. The van der Waals surface area contributed by atoms with E-state index in [-0.39, 0.29) is 5.91 Å². The van der Waals surface area contributed by atoms with E-state index < -0.39 is 0 Å². The highest BCUT2D eigenvalue weighted by Gasteiger charge is 2.33. The minimum atomic E-state index is -0.199. The number of halogens is 1. The number of hydrogen-bond acceptors (Lipinski definition) is 1. The second-order valence-corrected chi connectivity index (χ2v) is 5.08. The van der Waals surface area contributed by atoms with Crippen molar-refractivity contribution < 1.29 is 4.79 Å². The Labute approximate surface area is 98.0 Å². The van der Waals surface area contributed by atoms with Crippen molar-refractivity contribution >= 4 is 21.8 Å². The van der Waals surface area contributed by atoms with Gasteiger partial charge in [-0.15, -0.1) is 0 Å². The van der Waals surface area contributed by atoms with Gasteiger partial charge in [-0.25, -0.2) is 0 Å². The number of amides is 1. The monoisotopic (exact) mass is 267 g/mol. The summed E-state index contributed by atoms with van der Waals surface area (Å²) < 4.78 is 1.07. The second-order valence-electron chi connectivity index (χ2n) is 4.17. The molecular weight excluding hydrogens is 254 g/mol. The lowest BCUT2D eigenvalue weighted by Gasteiger charge is -2.14. The highest BCUT2D eigenvalue weighted by molar-refractivity contribution is 9.10. The molecule has 1 aromatic rings. The van der Waals surface area contributed by atoms with Crippen LogP contribution in [0.2, 0.25) is 0 Å². The highest BCUT2D eigenvalue weighted by atomic mass is 79.9. The van der Waals surface area contributed by atoms with Gasteiger partial charge in [0.05, 0.1) is 0 Å². The summed E-state index contributed by atoms with van der Waals surface area (Å²) in [6.45, 7) is 0. The fraction of sp³-hybridized carbons (Fsp3) is 0.417. The third kappa shape index (κ3) is 2.81. The third-order valence-corrected chi connectivity index (χ3v) is 3.44. The van der Waals surface area contributed by atoms with Crippen molar-refractivity contribution in [3.63, 3.8) is 0 Å². The van der Waals surface area contributed by atoms with Crippen LogP contribution in [0.1, 0.15) is 30.7 Å². The van der Waals surface area contributed by atoms with E-state index >= 15 is 0 Å². The van der Waals surface area contributed by atoms with Gasteiger partial charge in [0.1, 0.15) is 0 Å². The molecule has 80 valence electrons. The predicted molar refractivity (Wildman–Crippen MR) is 63.4 cm³/mol. The van der Waals surface area contributed by atoms with Crippen molar-refractivity contribution in [2.75, 3.05) is 0 Å². The van der Waals surface area contributed by atoms with Crippen molar-refractivity contribution in [2.45, 2.75) is 25.2 Å². The molecule has 0 radical (unpaired) electrons. The Kier molecular flexibility index (Phi) is 3.10. The van der Waals surface area contributed by atoms with Crippen molar-refractivity contribution in [1.29, 1.82) is 0 Å². The number of benzene rings is 1. The molecule has 2 N–H and O–H groups in total. The summed E-state index contributed by atoms with van der Waals surface area (Å²) in [5.41, 5.74) is 6.51. The molecule has 3 heteroatoms. The maximum atomic E-state index is 11.0. The van der Waals surface area contributed by atoms with Crippen molar-refractivity contribution in [3.8, 4) is 0 Å². The molecule has 0 heterocycles. The second kappa shape index (κ2) is 4.35. The third-order valence-electron chi connectivity index (χ3n) is 2.91. The maximum Gasteiger partial charge on any atom is 0.218 e. The Morgan fingerprint density at radius 2 is 2.00 bits per heavy atom. The van der Waals surface area contributed by atoms with Gasteiger partial charge in [0.2, 0.25) is 5.91 Å². The zero-order valence-corrected chi connectivity index (χ0v) is 10.0. The van der Waals surface area contributed by atoms with Gasteiger partial charge < -0.3 is 5.73 Å². The largest absolute Gasteiger partial charge is 0.370 e. The first-order valence-corrected chi connectivity index (χ1v) is 6.00. The Balaban J connectivity index is 2.16. The van der Waals surface area contributed by atoms with Crippen LogP contribution < -0.4 is 5.73 Å². The average Bonchev–Trinajstić information content (AvgIpc) is 2.99. The number of carbonyl (C=O) groups is 1. The molecule has 1 saturated carbocycles. The lowest BCUT2D eigenvalue weighted by molar-refractivity contribution is -0.118. The van der Waals surface area contributed by atoms with Gasteiger partial charge in [0.15, 0.2) is 0 Å². The molecule has 1 aromatic carbocycles. The van der Waals surface area contributed by atoms with Gasteiger partial charge in [-0.3, -0.25) is 4.79 Å². The molecule has 0 spiro atoms. The zero-order chi connectivity index (χ0) is 10.8. The van der Waals surface area contributed by atoms with Crippen LogP contribution in [0.25, 0.3) is 0 Å². The van der Waals surface area contributed by atoms with Gasteiger partial charge >= 0.3 is 0 Å². The lowest BCUT2D eigenvalue weighted by atomic mass is 9.91. The summed E-state index contributed by atoms with van der Waals surface area (Å²) in [6.07, 6.45) is 2.94. The normalized spacial score (nSPS) is 17.4. The molecular formula is C12H14BrNO. The first-order valence-electron chi connectivity index (χ1n) is 5.20. The standard InChI is InChI=1S/C12H14BrNO/c13-10-5-3-9(4-6-10)11(7-12(14)15)8-1-2-8/h3-6,8,11H,1-2,7H2,(H2,14,15). The molecule has 0 aromatic heterocycles. The van der Waals surface area contributed by atoms with Gasteiger partial charge in [0, 0.05) is 10.9 Å². The van der Waals surface area contributed by atoms with E-state index in [1.165, 1.54) is 18.4 Å². The van der Waals surface area contributed by atoms with E-state index in [4.69, 9.17) is 5.73 Å². The molecule has 15 heavy (non-hydrogen) atoms. The van der Waals surface area contributed by atoms with Crippen LogP contribution in [0.15, 0.2) is 28.7 Å². The maximum absolute atomic E-state index is 11.0. The van der Waals surface area contributed by atoms with Gasteiger partial charge in [-0.05, 0) is 42.4 Å². The lowest BCUT2D eigenvalue weighted by Crippen LogP contribution is -2.16. The topological polar surface area (TPSA) is 43.1 Å². The molecule has 2 nitrogen and oxygen atoms in total. The predicted octanol–water partition coefficient (Wildman–Crippen LogP) is 2.82. The fourth-order valence-electron chi connectivity index (χ4n) is 1.98. The summed E-state index contributed by atoms with van der Waals surface area (Å²) in [6, 6.07) is 8.20. The fourth-order valence-corrected chi connectivity index (χ4v) is 2.25. The molecule has 1 atom stereocenters. The van der Waals surface area contributed by atoms with Crippen LogP contribution in [0.3, 0.4) is 0 Å². The quantitative estimate of drug-likeness (QED) is 0.896. The van der Waals surface area contributed by atoms with E-state index in [9.17, 15) is 4.79 Å². The Hall–Kier alpha value is -0.830. The summed E-state index contributed by atoms with van der Waals surface area (Å²) >= 11 is 3.41. The summed E-state index contributed by atoms with van der Waals surface area (Å²) in [5, 5.41) is 0. The smallest absolute Gasteiger partial charge is 0.218 e. The summed E-state index contributed by atoms with van der Waals surface area (Å²) in [4.78, 5) is 11.0. The molecule has 0 aliphatic heterocycles. The molecule has 2 rings (SSSR count). The van der Waals surface area contributed by atoms with Gasteiger partial charge in [-0.1, -0.05) is 28.1 Å². The first kappa shape index (κ1) is 10.7. The minimum absolute atomic E-state index is 0.199. The zero-order valence-electron chi connectivity index (χ0n) is 8.45. The number of carbonyl (C=O) groups excluding carboxylic acids is 1. The van der Waals surface area contributed by atoms with Crippen LogP contribution in [0, 0.1) is 5.92 Å². The van der Waals surface area contributed by atoms with Crippen LogP contribution >= 0.6 is 15.9 Å². The van der Waals surface area contributed by atoms with E-state index in [2.05, 4.69) is 28.1 Å². The number of primary amides is 1. The SMILES string of the molecule is NC(=O)CC(c1ccc(Br)cc1)C1CC1. The molecule has 0 bridgehead atoms. The summed E-state index contributed by atoms with van der Waals surface area (Å²) in [7, 11) is 0. The molecule has 1 amide bonds. The van der Waals surface area contributed by atoms with Gasteiger partial charge in [0.25, 0.3) is 0 Å². The molecule has 1 aliphatic rings. The minimum Gasteiger partial charge on any atom is -0.370 e. The van der Waals surface area contributed by atoms with Crippen LogP contribution in [0.4, 0.5) is 0 Å². The van der Waals surface area contributed by atoms with Gasteiger partial charge in [-0.2, -0.15) is 0 Å². The van der Waals surface area contributed by atoms with E-state index in [0.717, 1.165) is 4.47 Å². The van der Waals surface area contributed by atoms with E-state index in [1.54, 1.807) is 0 Å². The Morgan fingerprint density at radius 3 is 2.47 bits per heavy atom. The summed E-state index contributed by atoms with van der Waals surface area (Å²) in [5.74, 6) is 0.795. The number of nitrogens with two attached hydrogens (primary N) is 1. The highest BCUT2D eigenvalue weighted by Crippen LogP contribution is 2.44. The Morgan fingerprint density at radius 1 is 1.40 bits per heavy atom.